The molecule has 1 amide bonds. The molecule has 8 heteroatoms. The average molecular weight is 390 g/mol. The number of sulfone groups is 1. The van der Waals surface area contributed by atoms with Gasteiger partial charge in [0, 0.05) is 22.7 Å². The highest BCUT2D eigenvalue weighted by Gasteiger charge is 2.23. The van der Waals surface area contributed by atoms with Crippen LogP contribution in [0.5, 0.6) is 0 Å². The van der Waals surface area contributed by atoms with Crippen molar-refractivity contribution in [2.75, 3.05) is 5.32 Å². The summed E-state index contributed by atoms with van der Waals surface area (Å²) in [6, 6.07) is 8.17. The zero-order valence-electron chi connectivity index (χ0n) is 14.4. The summed E-state index contributed by atoms with van der Waals surface area (Å²) in [6.45, 7) is 3.63. The van der Waals surface area contributed by atoms with Gasteiger partial charge in [-0.15, -0.1) is 11.3 Å². The topological polar surface area (TPSA) is 89.3 Å². The Kier molecular flexibility index (Phi) is 5.24. The zero-order valence-corrected chi connectivity index (χ0v) is 16.0. The molecular weight excluding hydrogens is 372 g/mol. The molecule has 0 aliphatic carbocycles. The zero-order chi connectivity index (χ0) is 18.7. The lowest BCUT2D eigenvalue weighted by molar-refractivity contribution is -0.116. The third-order valence-corrected chi connectivity index (χ3v) is 6.73. The number of nitrogens with one attached hydrogen (secondary N) is 1. The fraction of sp³-hybridized carbons (Fsp3) is 0.222. The minimum Gasteiger partial charge on any atom is -0.361 e. The van der Waals surface area contributed by atoms with Crippen molar-refractivity contribution in [1.82, 2.24) is 5.16 Å². The number of anilines is 1. The summed E-state index contributed by atoms with van der Waals surface area (Å²) in [4.78, 5) is 12.6. The summed E-state index contributed by atoms with van der Waals surface area (Å²) in [5, 5.41) is 9.74. The van der Waals surface area contributed by atoms with E-state index in [1.54, 1.807) is 30.5 Å². The summed E-state index contributed by atoms with van der Waals surface area (Å²) in [5.41, 5.74) is 1.98. The van der Waals surface area contributed by atoms with Gasteiger partial charge in [0.05, 0.1) is 16.3 Å². The largest absolute Gasteiger partial charge is 0.361 e. The molecule has 6 nitrogen and oxygen atoms in total. The van der Waals surface area contributed by atoms with Gasteiger partial charge in [0.15, 0.2) is 0 Å². The minimum atomic E-state index is -3.67. The van der Waals surface area contributed by atoms with E-state index in [9.17, 15) is 13.2 Å². The van der Waals surface area contributed by atoms with Crippen LogP contribution in [0.15, 0.2) is 55.4 Å². The van der Waals surface area contributed by atoms with Crippen LogP contribution in [0.4, 0.5) is 5.69 Å². The molecule has 0 fully saturated rings. The Bertz CT molecular complexity index is 1000. The van der Waals surface area contributed by atoms with Gasteiger partial charge in [-0.3, -0.25) is 4.79 Å². The number of benzene rings is 1. The molecule has 0 bridgehead atoms. The third-order valence-electron chi connectivity index (χ3n) is 4.03. The van der Waals surface area contributed by atoms with Crippen LogP contribution in [-0.2, 0) is 21.1 Å². The normalized spacial score (nSPS) is 11.5. The lowest BCUT2D eigenvalue weighted by Crippen LogP contribution is -2.14. The van der Waals surface area contributed by atoms with Crippen LogP contribution in [0, 0.1) is 13.8 Å². The fourth-order valence-electron chi connectivity index (χ4n) is 2.62. The molecule has 3 rings (SSSR count). The molecule has 0 aliphatic heterocycles. The highest BCUT2D eigenvalue weighted by molar-refractivity contribution is 7.91. The fourth-order valence-corrected chi connectivity index (χ4v) is 5.18. The lowest BCUT2D eigenvalue weighted by atomic mass is 10.1. The van der Waals surface area contributed by atoms with Crippen molar-refractivity contribution in [1.29, 1.82) is 0 Å². The monoisotopic (exact) mass is 390 g/mol. The predicted octanol–water partition coefficient (Wildman–Crippen LogP) is 3.76. The number of carbonyl (C=O) groups excluding carboxylic acids is 1. The molecule has 0 spiro atoms. The number of aryl methyl sites for hydroxylation is 2. The molecule has 2 heterocycles. The van der Waals surface area contributed by atoms with Crippen LogP contribution < -0.4 is 5.32 Å². The Morgan fingerprint density at radius 1 is 1.19 bits per heavy atom. The number of carbonyl (C=O) groups is 1. The molecule has 0 unspecified atom stereocenters. The molecule has 0 saturated heterocycles. The highest BCUT2D eigenvalue weighted by atomic mass is 32.2. The SMILES string of the molecule is Cc1noc(C)c1CCC(=O)Nc1cscc1S(=O)(=O)c1ccccc1. The van der Waals surface area contributed by atoms with Gasteiger partial charge >= 0.3 is 0 Å². The first-order valence-corrected chi connectivity index (χ1v) is 10.4. The van der Waals surface area contributed by atoms with Gasteiger partial charge in [-0.1, -0.05) is 23.4 Å². The maximum absolute atomic E-state index is 12.8. The average Bonchev–Trinajstić information content (AvgIpc) is 3.21. The first-order chi connectivity index (χ1) is 12.4. The Labute approximate surface area is 155 Å². The van der Waals surface area contributed by atoms with Crippen LogP contribution in [-0.4, -0.2) is 19.5 Å². The van der Waals surface area contributed by atoms with E-state index in [1.807, 2.05) is 6.92 Å². The van der Waals surface area contributed by atoms with Crippen molar-refractivity contribution in [2.24, 2.45) is 0 Å². The molecule has 0 radical (unpaired) electrons. The van der Waals surface area contributed by atoms with E-state index in [4.69, 9.17) is 4.52 Å². The van der Waals surface area contributed by atoms with E-state index in [0.29, 0.717) is 17.9 Å². The second-order valence-corrected chi connectivity index (χ2v) is 8.48. The molecule has 136 valence electrons. The summed E-state index contributed by atoms with van der Waals surface area (Å²) >= 11 is 1.23. The van der Waals surface area contributed by atoms with Crippen LogP contribution in [0.3, 0.4) is 0 Å². The molecule has 0 aliphatic rings. The summed E-state index contributed by atoms with van der Waals surface area (Å²) in [6.07, 6.45) is 0.696. The summed E-state index contributed by atoms with van der Waals surface area (Å²) in [7, 11) is -3.67. The van der Waals surface area contributed by atoms with Gasteiger partial charge in [0.1, 0.15) is 10.7 Å². The van der Waals surface area contributed by atoms with E-state index in [1.165, 1.54) is 28.8 Å². The van der Waals surface area contributed by atoms with E-state index in [-0.39, 0.29) is 22.1 Å². The van der Waals surface area contributed by atoms with Crippen LogP contribution in [0.25, 0.3) is 0 Å². The van der Waals surface area contributed by atoms with Crippen LogP contribution in [0.2, 0.25) is 0 Å². The van der Waals surface area contributed by atoms with Gasteiger partial charge < -0.3 is 9.84 Å². The van der Waals surface area contributed by atoms with Crippen molar-refractivity contribution in [2.45, 2.75) is 36.5 Å². The van der Waals surface area contributed by atoms with Crippen molar-refractivity contribution >= 4 is 32.8 Å². The Morgan fingerprint density at radius 2 is 1.92 bits per heavy atom. The Balaban J connectivity index is 1.74. The molecule has 2 aromatic heterocycles. The Morgan fingerprint density at radius 3 is 2.58 bits per heavy atom. The number of hydrogen-bond acceptors (Lipinski definition) is 6. The second kappa shape index (κ2) is 7.43. The highest BCUT2D eigenvalue weighted by Crippen LogP contribution is 2.31. The van der Waals surface area contributed by atoms with E-state index >= 15 is 0 Å². The van der Waals surface area contributed by atoms with Crippen molar-refractivity contribution in [3.05, 3.63) is 58.1 Å². The van der Waals surface area contributed by atoms with Gasteiger partial charge in [0.2, 0.25) is 15.7 Å². The smallest absolute Gasteiger partial charge is 0.224 e. The molecular formula is C18H18N2O4S2. The minimum absolute atomic E-state index is 0.111. The van der Waals surface area contributed by atoms with Crippen molar-refractivity contribution < 1.29 is 17.7 Å². The molecule has 26 heavy (non-hydrogen) atoms. The van der Waals surface area contributed by atoms with Gasteiger partial charge in [-0.05, 0) is 32.4 Å². The summed E-state index contributed by atoms with van der Waals surface area (Å²) < 4.78 is 30.6. The first-order valence-electron chi connectivity index (χ1n) is 7.97. The van der Waals surface area contributed by atoms with Gasteiger partial charge in [0.25, 0.3) is 0 Å². The van der Waals surface area contributed by atoms with Gasteiger partial charge in [-0.2, -0.15) is 0 Å². The van der Waals surface area contributed by atoms with Crippen LogP contribution in [0.1, 0.15) is 23.4 Å². The molecule has 1 aromatic carbocycles. The first kappa shape index (κ1) is 18.3. The standard InChI is InChI=1S/C18H18N2O4S2/c1-12-15(13(2)24-20-12)8-9-18(21)19-16-10-25-11-17(16)26(22,23)14-6-4-3-5-7-14/h3-7,10-11H,8-9H2,1-2H3,(H,19,21). The number of nitrogens with zero attached hydrogens (tertiary/aromatic N) is 1. The molecule has 0 atom stereocenters. The van der Waals surface area contributed by atoms with E-state index in [0.717, 1.165) is 11.3 Å². The molecule has 0 saturated carbocycles. The van der Waals surface area contributed by atoms with E-state index in [2.05, 4.69) is 10.5 Å². The molecule has 1 N–H and O–H groups in total. The number of rotatable bonds is 6. The lowest BCUT2D eigenvalue weighted by Gasteiger charge is -2.08. The van der Waals surface area contributed by atoms with Gasteiger partial charge in [-0.25, -0.2) is 8.42 Å². The Hall–Kier alpha value is -2.45. The number of hydrogen-bond donors (Lipinski definition) is 1. The maximum atomic E-state index is 12.8. The van der Waals surface area contributed by atoms with Crippen LogP contribution >= 0.6 is 11.3 Å². The van der Waals surface area contributed by atoms with E-state index < -0.39 is 9.84 Å². The van der Waals surface area contributed by atoms with Crippen molar-refractivity contribution in [3.63, 3.8) is 0 Å². The number of amides is 1. The summed E-state index contributed by atoms with van der Waals surface area (Å²) in [5.74, 6) is 0.436. The number of aromatic nitrogens is 1. The second-order valence-electron chi connectivity index (χ2n) is 5.82. The third kappa shape index (κ3) is 3.71. The number of thiophene rings is 1. The predicted molar refractivity (Wildman–Crippen MR) is 99.1 cm³/mol. The quantitative estimate of drug-likeness (QED) is 0.692. The van der Waals surface area contributed by atoms with Crippen molar-refractivity contribution in [3.8, 4) is 0 Å². The maximum Gasteiger partial charge on any atom is 0.224 e. The molecule has 3 aromatic rings.